The SMILES string of the molecule is COc1cc(CC(N)C(=O)O)cc(Br)c1OC1CCCC1. The Balaban J connectivity index is 2.20. The molecule has 1 aliphatic carbocycles. The van der Waals surface area contributed by atoms with E-state index in [4.69, 9.17) is 20.3 Å². The molecule has 21 heavy (non-hydrogen) atoms. The van der Waals surface area contributed by atoms with Crippen molar-refractivity contribution in [1.82, 2.24) is 0 Å². The number of carbonyl (C=O) groups is 1. The van der Waals surface area contributed by atoms with Gasteiger partial charge in [-0.3, -0.25) is 4.79 Å². The molecule has 0 bridgehead atoms. The van der Waals surface area contributed by atoms with Crippen molar-refractivity contribution in [2.45, 2.75) is 44.2 Å². The van der Waals surface area contributed by atoms with Gasteiger partial charge in [0.2, 0.25) is 0 Å². The molecule has 0 amide bonds. The molecule has 0 aliphatic heterocycles. The zero-order valence-corrected chi connectivity index (χ0v) is 13.6. The minimum Gasteiger partial charge on any atom is -0.493 e. The number of hydrogen-bond acceptors (Lipinski definition) is 4. The summed E-state index contributed by atoms with van der Waals surface area (Å²) in [5, 5.41) is 8.89. The Morgan fingerprint density at radius 3 is 2.71 bits per heavy atom. The third kappa shape index (κ3) is 4.11. The van der Waals surface area contributed by atoms with Gasteiger partial charge in [0.05, 0.1) is 17.7 Å². The molecule has 1 unspecified atom stereocenters. The van der Waals surface area contributed by atoms with Crippen molar-refractivity contribution in [1.29, 1.82) is 0 Å². The lowest BCUT2D eigenvalue weighted by Crippen LogP contribution is -2.32. The Morgan fingerprint density at radius 2 is 2.14 bits per heavy atom. The first-order valence-corrected chi connectivity index (χ1v) is 7.82. The number of benzene rings is 1. The van der Waals surface area contributed by atoms with Crippen LogP contribution < -0.4 is 15.2 Å². The van der Waals surface area contributed by atoms with Gasteiger partial charge in [0.25, 0.3) is 0 Å². The average molecular weight is 358 g/mol. The molecule has 0 aromatic heterocycles. The van der Waals surface area contributed by atoms with Crippen LogP contribution in [-0.4, -0.2) is 30.3 Å². The smallest absolute Gasteiger partial charge is 0.320 e. The molecule has 0 saturated heterocycles. The molecule has 0 heterocycles. The van der Waals surface area contributed by atoms with E-state index in [1.54, 1.807) is 13.2 Å². The molecule has 1 aromatic rings. The van der Waals surface area contributed by atoms with Crippen LogP contribution in [0.15, 0.2) is 16.6 Å². The van der Waals surface area contributed by atoms with Crippen molar-refractivity contribution in [3.63, 3.8) is 0 Å². The summed E-state index contributed by atoms with van der Waals surface area (Å²) in [6.45, 7) is 0. The van der Waals surface area contributed by atoms with Crippen molar-refractivity contribution < 1.29 is 19.4 Å². The molecule has 6 heteroatoms. The minimum atomic E-state index is -1.02. The molecule has 0 radical (unpaired) electrons. The zero-order valence-electron chi connectivity index (χ0n) is 12.0. The summed E-state index contributed by atoms with van der Waals surface area (Å²) < 4.78 is 12.2. The fraction of sp³-hybridized carbons (Fsp3) is 0.533. The molecule has 1 atom stereocenters. The lowest BCUT2D eigenvalue weighted by Gasteiger charge is -2.18. The van der Waals surface area contributed by atoms with Gasteiger partial charge in [-0.05, 0) is 65.7 Å². The zero-order chi connectivity index (χ0) is 15.4. The second-order valence-corrected chi connectivity index (χ2v) is 6.14. The van der Waals surface area contributed by atoms with Crippen LogP contribution in [-0.2, 0) is 11.2 Å². The van der Waals surface area contributed by atoms with Crippen molar-refractivity contribution >= 4 is 21.9 Å². The lowest BCUT2D eigenvalue weighted by atomic mass is 10.1. The van der Waals surface area contributed by atoms with Crippen molar-refractivity contribution in [3.8, 4) is 11.5 Å². The van der Waals surface area contributed by atoms with Crippen molar-refractivity contribution in [2.24, 2.45) is 5.73 Å². The van der Waals surface area contributed by atoms with E-state index in [2.05, 4.69) is 15.9 Å². The van der Waals surface area contributed by atoms with Crippen LogP contribution in [0.4, 0.5) is 0 Å². The Labute approximate surface area is 132 Å². The second-order valence-electron chi connectivity index (χ2n) is 5.28. The van der Waals surface area contributed by atoms with Crippen LogP contribution >= 0.6 is 15.9 Å². The number of hydrogen-bond donors (Lipinski definition) is 2. The van der Waals surface area contributed by atoms with Crippen LogP contribution in [0.3, 0.4) is 0 Å². The number of rotatable bonds is 6. The fourth-order valence-electron chi connectivity index (χ4n) is 2.52. The highest BCUT2D eigenvalue weighted by Gasteiger charge is 2.21. The number of ether oxygens (including phenoxy) is 2. The highest BCUT2D eigenvalue weighted by atomic mass is 79.9. The van der Waals surface area contributed by atoms with Crippen molar-refractivity contribution in [2.75, 3.05) is 7.11 Å². The number of nitrogens with two attached hydrogens (primary N) is 1. The molecule has 0 spiro atoms. The maximum Gasteiger partial charge on any atom is 0.320 e. The molecule has 1 aromatic carbocycles. The topological polar surface area (TPSA) is 81.8 Å². The van der Waals surface area contributed by atoms with Gasteiger partial charge >= 0.3 is 5.97 Å². The van der Waals surface area contributed by atoms with Gasteiger partial charge < -0.3 is 20.3 Å². The predicted octanol–water partition coefficient (Wildman–Crippen LogP) is 2.73. The molecule has 1 fully saturated rings. The highest BCUT2D eigenvalue weighted by molar-refractivity contribution is 9.10. The summed E-state index contributed by atoms with van der Waals surface area (Å²) in [6, 6.07) is 2.70. The summed E-state index contributed by atoms with van der Waals surface area (Å²) in [5.41, 5.74) is 6.37. The number of halogens is 1. The van der Waals surface area contributed by atoms with Gasteiger partial charge in [0.1, 0.15) is 6.04 Å². The standard InChI is InChI=1S/C15H20BrNO4/c1-20-13-8-9(7-12(17)15(18)19)6-11(16)14(13)21-10-4-2-3-5-10/h6,8,10,12H,2-5,7,17H2,1H3,(H,18,19). The van der Waals surface area contributed by atoms with Crippen LogP contribution in [0.25, 0.3) is 0 Å². The molecule has 5 nitrogen and oxygen atoms in total. The number of aliphatic carboxylic acids is 1. The summed E-state index contributed by atoms with van der Waals surface area (Å²) in [6.07, 6.45) is 4.96. The monoisotopic (exact) mass is 357 g/mol. The summed E-state index contributed by atoms with van der Waals surface area (Å²) in [4.78, 5) is 10.8. The minimum absolute atomic E-state index is 0.224. The Hall–Kier alpha value is -1.27. The number of carboxylic acid groups (broad SMARTS) is 1. The van der Waals surface area contributed by atoms with Gasteiger partial charge in [-0.1, -0.05) is 0 Å². The third-order valence-corrected chi connectivity index (χ3v) is 4.24. The van der Waals surface area contributed by atoms with E-state index in [9.17, 15) is 4.79 Å². The molecule has 2 rings (SSSR count). The first-order chi connectivity index (χ1) is 10.0. The average Bonchev–Trinajstić information content (AvgIpc) is 2.94. The molecule has 1 aliphatic rings. The van der Waals surface area contributed by atoms with Gasteiger partial charge in [0, 0.05) is 0 Å². The van der Waals surface area contributed by atoms with E-state index in [1.165, 1.54) is 12.8 Å². The first kappa shape index (κ1) is 16.1. The quantitative estimate of drug-likeness (QED) is 0.817. The normalized spacial score (nSPS) is 16.7. The molecule has 3 N–H and O–H groups in total. The third-order valence-electron chi connectivity index (χ3n) is 3.65. The number of methoxy groups -OCH3 is 1. The molecule has 116 valence electrons. The first-order valence-electron chi connectivity index (χ1n) is 7.02. The summed E-state index contributed by atoms with van der Waals surface area (Å²) in [7, 11) is 1.57. The van der Waals surface area contributed by atoms with Crippen LogP contribution in [0.1, 0.15) is 31.2 Å². The number of carboxylic acids is 1. The Kier molecular flexibility index (Phi) is 5.47. The van der Waals surface area contributed by atoms with Crippen LogP contribution in [0, 0.1) is 0 Å². The van der Waals surface area contributed by atoms with E-state index >= 15 is 0 Å². The summed E-state index contributed by atoms with van der Waals surface area (Å²) in [5.74, 6) is 0.261. The molecular weight excluding hydrogens is 338 g/mol. The van der Waals surface area contributed by atoms with E-state index in [0.29, 0.717) is 11.5 Å². The molecule has 1 saturated carbocycles. The Bertz CT molecular complexity index is 515. The van der Waals surface area contributed by atoms with Crippen LogP contribution in [0.5, 0.6) is 11.5 Å². The fourth-order valence-corrected chi connectivity index (χ4v) is 3.10. The largest absolute Gasteiger partial charge is 0.493 e. The maximum absolute atomic E-state index is 10.8. The van der Waals surface area contributed by atoms with Crippen molar-refractivity contribution in [3.05, 3.63) is 22.2 Å². The van der Waals surface area contributed by atoms with E-state index in [-0.39, 0.29) is 12.5 Å². The summed E-state index contributed by atoms with van der Waals surface area (Å²) >= 11 is 3.48. The van der Waals surface area contributed by atoms with E-state index in [1.807, 2.05) is 6.07 Å². The molecular formula is C15H20BrNO4. The predicted molar refractivity (Wildman–Crippen MR) is 82.9 cm³/mol. The van der Waals surface area contributed by atoms with Crippen LogP contribution in [0.2, 0.25) is 0 Å². The lowest BCUT2D eigenvalue weighted by molar-refractivity contribution is -0.138. The van der Waals surface area contributed by atoms with E-state index in [0.717, 1.165) is 22.9 Å². The van der Waals surface area contributed by atoms with Gasteiger partial charge in [-0.25, -0.2) is 0 Å². The van der Waals surface area contributed by atoms with Gasteiger partial charge in [-0.2, -0.15) is 0 Å². The Morgan fingerprint density at radius 1 is 1.48 bits per heavy atom. The van der Waals surface area contributed by atoms with E-state index < -0.39 is 12.0 Å². The second kappa shape index (κ2) is 7.13. The van der Waals surface area contributed by atoms with Gasteiger partial charge in [0.15, 0.2) is 11.5 Å². The highest BCUT2D eigenvalue weighted by Crippen LogP contribution is 2.39. The maximum atomic E-state index is 10.8. The van der Waals surface area contributed by atoms with Gasteiger partial charge in [-0.15, -0.1) is 0 Å².